The van der Waals surface area contributed by atoms with Crippen molar-refractivity contribution in [2.75, 3.05) is 5.32 Å². The third-order valence-electron chi connectivity index (χ3n) is 4.66. The Hall–Kier alpha value is -2.74. The molecule has 1 unspecified atom stereocenters. The zero-order chi connectivity index (χ0) is 18.9. The second kappa shape index (κ2) is 9.67. The highest BCUT2D eigenvalue weighted by atomic mass is 14.8. The molecule has 0 amide bonds. The standard InChI is InChI=1S/C24H30N2/c1-6-8-15-25-17-19(4)24(23-14-9-11-18(3)20(23)5)21-12-10-13-22(16-21)26-7-2/h7-17,24-26H,2,6H2,1,3-5H3/b15-8+,19-17+. The minimum Gasteiger partial charge on any atom is -0.368 e. The van der Waals surface area contributed by atoms with Crippen LogP contribution in [0.4, 0.5) is 5.69 Å². The van der Waals surface area contributed by atoms with E-state index in [1.54, 1.807) is 6.20 Å². The number of allylic oxidation sites excluding steroid dienone is 2. The van der Waals surface area contributed by atoms with Crippen LogP contribution in [0.25, 0.3) is 0 Å². The van der Waals surface area contributed by atoms with Gasteiger partial charge >= 0.3 is 0 Å². The van der Waals surface area contributed by atoms with Crippen LogP contribution in [-0.2, 0) is 0 Å². The second-order valence-electron chi connectivity index (χ2n) is 6.56. The maximum Gasteiger partial charge on any atom is 0.0382 e. The molecular weight excluding hydrogens is 316 g/mol. The van der Waals surface area contributed by atoms with Gasteiger partial charge in [-0.15, -0.1) is 0 Å². The van der Waals surface area contributed by atoms with Gasteiger partial charge in [0.15, 0.2) is 0 Å². The zero-order valence-corrected chi connectivity index (χ0v) is 16.3. The lowest BCUT2D eigenvalue weighted by Gasteiger charge is -2.23. The molecule has 0 aromatic heterocycles. The van der Waals surface area contributed by atoms with E-state index >= 15 is 0 Å². The van der Waals surface area contributed by atoms with Gasteiger partial charge in [0.1, 0.15) is 0 Å². The molecule has 2 N–H and O–H groups in total. The monoisotopic (exact) mass is 346 g/mol. The van der Waals surface area contributed by atoms with E-state index in [0.29, 0.717) is 0 Å². The minimum atomic E-state index is 0.198. The topological polar surface area (TPSA) is 24.1 Å². The average molecular weight is 347 g/mol. The Kier molecular flexibility index (Phi) is 7.28. The molecular formula is C24H30N2. The number of nitrogens with one attached hydrogen (secondary N) is 2. The van der Waals surface area contributed by atoms with Crippen LogP contribution < -0.4 is 10.6 Å². The van der Waals surface area contributed by atoms with Crippen molar-refractivity contribution < 1.29 is 0 Å². The summed E-state index contributed by atoms with van der Waals surface area (Å²) in [6, 6.07) is 15.1. The summed E-state index contributed by atoms with van der Waals surface area (Å²) in [5.74, 6) is 0.198. The third-order valence-corrected chi connectivity index (χ3v) is 4.66. The summed E-state index contributed by atoms with van der Waals surface area (Å²) in [5, 5.41) is 6.50. The molecule has 136 valence electrons. The summed E-state index contributed by atoms with van der Waals surface area (Å²) in [4.78, 5) is 0. The Bertz CT molecular complexity index is 800. The molecule has 2 heteroatoms. The van der Waals surface area contributed by atoms with E-state index in [-0.39, 0.29) is 5.92 Å². The van der Waals surface area contributed by atoms with Gasteiger partial charge in [-0.2, -0.15) is 0 Å². The van der Waals surface area contributed by atoms with Crippen molar-refractivity contribution in [1.29, 1.82) is 0 Å². The molecule has 0 aliphatic carbocycles. The zero-order valence-electron chi connectivity index (χ0n) is 16.3. The Morgan fingerprint density at radius 2 is 1.92 bits per heavy atom. The molecule has 2 aromatic rings. The molecule has 2 rings (SSSR count). The van der Waals surface area contributed by atoms with E-state index in [1.807, 2.05) is 6.20 Å². The van der Waals surface area contributed by atoms with E-state index in [4.69, 9.17) is 0 Å². The van der Waals surface area contributed by atoms with Crippen molar-refractivity contribution in [3.63, 3.8) is 0 Å². The number of hydrogen-bond donors (Lipinski definition) is 2. The van der Waals surface area contributed by atoms with Crippen molar-refractivity contribution in [3.8, 4) is 0 Å². The van der Waals surface area contributed by atoms with Gasteiger partial charge in [-0.25, -0.2) is 0 Å². The van der Waals surface area contributed by atoms with Gasteiger partial charge in [-0.05, 0) is 79.6 Å². The van der Waals surface area contributed by atoms with Crippen LogP contribution in [0, 0.1) is 13.8 Å². The highest BCUT2D eigenvalue weighted by molar-refractivity contribution is 5.53. The first kappa shape index (κ1) is 19.6. The normalized spacial score (nSPS) is 12.8. The number of aryl methyl sites for hydroxylation is 1. The fraction of sp³-hybridized carbons (Fsp3) is 0.250. The van der Waals surface area contributed by atoms with Crippen molar-refractivity contribution in [1.82, 2.24) is 5.32 Å². The highest BCUT2D eigenvalue weighted by Crippen LogP contribution is 2.35. The first-order valence-corrected chi connectivity index (χ1v) is 9.19. The number of benzene rings is 2. The van der Waals surface area contributed by atoms with Gasteiger partial charge in [0.05, 0.1) is 0 Å². The fourth-order valence-electron chi connectivity index (χ4n) is 3.15. The van der Waals surface area contributed by atoms with E-state index < -0.39 is 0 Å². The summed E-state index contributed by atoms with van der Waals surface area (Å²) >= 11 is 0. The van der Waals surface area contributed by atoms with Crippen LogP contribution in [0.5, 0.6) is 0 Å². The van der Waals surface area contributed by atoms with E-state index in [1.165, 1.54) is 27.8 Å². The largest absolute Gasteiger partial charge is 0.368 e. The molecule has 26 heavy (non-hydrogen) atoms. The van der Waals surface area contributed by atoms with Crippen LogP contribution in [0.1, 0.15) is 48.4 Å². The third kappa shape index (κ3) is 4.89. The summed E-state index contributed by atoms with van der Waals surface area (Å²) in [6.07, 6.45) is 8.96. The van der Waals surface area contributed by atoms with Crippen molar-refractivity contribution in [2.24, 2.45) is 0 Å². The molecule has 0 heterocycles. The molecule has 0 aliphatic heterocycles. The number of hydrogen-bond acceptors (Lipinski definition) is 2. The number of anilines is 1. The number of rotatable bonds is 8. The molecule has 0 saturated carbocycles. The van der Waals surface area contributed by atoms with Crippen LogP contribution in [-0.4, -0.2) is 0 Å². The smallest absolute Gasteiger partial charge is 0.0382 e. The van der Waals surface area contributed by atoms with E-state index in [0.717, 1.165) is 12.1 Å². The van der Waals surface area contributed by atoms with E-state index in [9.17, 15) is 0 Å². The lowest BCUT2D eigenvalue weighted by atomic mass is 9.82. The average Bonchev–Trinajstić information content (AvgIpc) is 2.63. The molecule has 2 nitrogen and oxygen atoms in total. The molecule has 0 bridgehead atoms. The Labute approximate surface area is 158 Å². The van der Waals surface area contributed by atoms with Crippen LogP contribution >= 0.6 is 0 Å². The van der Waals surface area contributed by atoms with Gasteiger partial charge in [-0.1, -0.05) is 49.9 Å². The molecule has 0 saturated heterocycles. The highest BCUT2D eigenvalue weighted by Gasteiger charge is 2.19. The lowest BCUT2D eigenvalue weighted by Crippen LogP contribution is -2.08. The second-order valence-corrected chi connectivity index (χ2v) is 6.56. The lowest BCUT2D eigenvalue weighted by molar-refractivity contribution is 0.911. The molecule has 2 aromatic carbocycles. The van der Waals surface area contributed by atoms with Gasteiger partial charge in [0.2, 0.25) is 0 Å². The Morgan fingerprint density at radius 1 is 1.15 bits per heavy atom. The first-order valence-electron chi connectivity index (χ1n) is 9.19. The predicted molar refractivity (Wildman–Crippen MR) is 114 cm³/mol. The first-order chi connectivity index (χ1) is 12.6. The van der Waals surface area contributed by atoms with Gasteiger partial charge in [0.25, 0.3) is 0 Å². The maximum absolute atomic E-state index is 3.77. The van der Waals surface area contributed by atoms with Gasteiger partial charge in [0, 0.05) is 17.8 Å². The fourth-order valence-corrected chi connectivity index (χ4v) is 3.15. The van der Waals surface area contributed by atoms with Crippen LogP contribution in [0.15, 0.2) is 79.3 Å². The molecule has 0 radical (unpaired) electrons. The van der Waals surface area contributed by atoms with Gasteiger partial charge < -0.3 is 10.6 Å². The Balaban J connectivity index is 2.51. The van der Waals surface area contributed by atoms with Crippen LogP contribution in [0.3, 0.4) is 0 Å². The molecule has 0 fully saturated rings. The molecule has 0 spiro atoms. The predicted octanol–water partition coefficient (Wildman–Crippen LogP) is 6.41. The summed E-state index contributed by atoms with van der Waals surface area (Å²) < 4.78 is 0. The quantitative estimate of drug-likeness (QED) is 0.577. The van der Waals surface area contributed by atoms with Crippen LogP contribution in [0.2, 0.25) is 0 Å². The van der Waals surface area contributed by atoms with Crippen molar-refractivity contribution >= 4 is 5.69 Å². The molecule has 1 atom stereocenters. The SMILES string of the molecule is C=CNc1cccc(C(/C(C)=C/N/C=C/CC)c2cccc(C)c2C)c1. The minimum absolute atomic E-state index is 0.198. The van der Waals surface area contributed by atoms with Crippen molar-refractivity contribution in [2.45, 2.75) is 40.0 Å². The summed E-state index contributed by atoms with van der Waals surface area (Å²) in [6.45, 7) is 12.5. The summed E-state index contributed by atoms with van der Waals surface area (Å²) in [5.41, 5.74) is 7.60. The van der Waals surface area contributed by atoms with E-state index in [2.05, 4.69) is 99.6 Å². The van der Waals surface area contributed by atoms with Crippen molar-refractivity contribution in [3.05, 3.63) is 102 Å². The van der Waals surface area contributed by atoms with Gasteiger partial charge in [-0.3, -0.25) is 0 Å². The molecule has 0 aliphatic rings. The maximum atomic E-state index is 3.77. The summed E-state index contributed by atoms with van der Waals surface area (Å²) in [7, 11) is 0. The Morgan fingerprint density at radius 3 is 2.65 bits per heavy atom.